The standard InChI is InChI=1S/C23H21N5O2S/c1-30-14-20-18(22(29)26-17-11-15-5-2-3-6-16(15)12-17)13-25-28(20)23-24-9-8-19(27-23)21-7-4-10-31-21/h2-10,13,17H,11-12,14H2,1H3,(H,26,29). The smallest absolute Gasteiger partial charge is 0.255 e. The zero-order chi connectivity index (χ0) is 21.2. The maximum atomic E-state index is 13.1. The van der Waals surface area contributed by atoms with E-state index in [1.807, 2.05) is 35.7 Å². The summed E-state index contributed by atoms with van der Waals surface area (Å²) in [6.45, 7) is 0.222. The number of aromatic nitrogens is 4. The largest absolute Gasteiger partial charge is 0.378 e. The first-order chi connectivity index (χ1) is 15.2. The highest BCUT2D eigenvalue weighted by molar-refractivity contribution is 7.13. The SMILES string of the molecule is COCc1c(C(=O)NC2Cc3ccccc3C2)cnn1-c1nccc(-c2cccs2)n1. The highest BCUT2D eigenvalue weighted by Gasteiger charge is 2.26. The minimum absolute atomic E-state index is 0.0713. The lowest BCUT2D eigenvalue weighted by atomic mass is 10.1. The molecule has 0 saturated carbocycles. The molecule has 3 heterocycles. The lowest BCUT2D eigenvalue weighted by molar-refractivity contribution is 0.0933. The van der Waals surface area contributed by atoms with E-state index >= 15 is 0 Å². The Labute approximate surface area is 183 Å². The Morgan fingerprint density at radius 3 is 2.71 bits per heavy atom. The van der Waals surface area contributed by atoms with E-state index in [4.69, 9.17) is 4.74 Å². The van der Waals surface area contributed by atoms with Crippen LogP contribution in [0.15, 0.2) is 60.2 Å². The number of rotatable bonds is 6. The molecule has 0 aliphatic heterocycles. The molecular formula is C23H21N5O2S. The second-order valence-corrected chi connectivity index (χ2v) is 8.36. The molecule has 4 aromatic rings. The molecule has 5 rings (SSSR count). The molecule has 156 valence electrons. The molecule has 1 amide bonds. The number of nitrogens with zero attached hydrogens (tertiary/aromatic N) is 4. The third-order valence-electron chi connectivity index (χ3n) is 5.39. The Hall–Kier alpha value is -3.36. The second kappa shape index (κ2) is 8.41. The van der Waals surface area contributed by atoms with E-state index in [9.17, 15) is 4.79 Å². The average Bonchev–Trinajstić information content (AvgIpc) is 3.53. The van der Waals surface area contributed by atoms with E-state index in [1.54, 1.807) is 35.5 Å². The van der Waals surface area contributed by atoms with Gasteiger partial charge in [0.2, 0.25) is 0 Å². The summed E-state index contributed by atoms with van der Waals surface area (Å²) >= 11 is 1.61. The average molecular weight is 432 g/mol. The van der Waals surface area contributed by atoms with Crippen molar-refractivity contribution in [3.63, 3.8) is 0 Å². The molecule has 1 aliphatic rings. The maximum Gasteiger partial charge on any atom is 0.255 e. The van der Waals surface area contributed by atoms with Crippen LogP contribution in [0.2, 0.25) is 0 Å². The summed E-state index contributed by atoms with van der Waals surface area (Å²) in [5.41, 5.74) is 4.49. The number of methoxy groups -OCH3 is 1. The minimum atomic E-state index is -0.162. The van der Waals surface area contributed by atoms with Gasteiger partial charge in [0.1, 0.15) is 0 Å². The molecule has 0 fully saturated rings. The van der Waals surface area contributed by atoms with E-state index < -0.39 is 0 Å². The van der Waals surface area contributed by atoms with Crippen molar-refractivity contribution >= 4 is 17.2 Å². The van der Waals surface area contributed by atoms with Gasteiger partial charge in [0.25, 0.3) is 11.9 Å². The summed E-state index contributed by atoms with van der Waals surface area (Å²) in [4.78, 5) is 23.1. The Morgan fingerprint density at radius 2 is 2.00 bits per heavy atom. The Balaban J connectivity index is 1.41. The predicted octanol–water partition coefficient (Wildman–Crippen LogP) is 3.43. The Morgan fingerprint density at radius 1 is 1.19 bits per heavy atom. The third-order valence-corrected chi connectivity index (χ3v) is 6.28. The third kappa shape index (κ3) is 3.87. The van der Waals surface area contributed by atoms with E-state index in [1.165, 1.54) is 11.1 Å². The van der Waals surface area contributed by atoms with Crippen molar-refractivity contribution in [3.8, 4) is 16.5 Å². The predicted molar refractivity (Wildman–Crippen MR) is 118 cm³/mol. The molecule has 0 spiro atoms. The Kier molecular flexibility index (Phi) is 5.31. The first-order valence-corrected chi connectivity index (χ1v) is 10.9. The molecule has 1 aromatic carbocycles. The van der Waals surface area contributed by atoms with E-state index in [0.29, 0.717) is 17.2 Å². The van der Waals surface area contributed by atoms with Gasteiger partial charge in [-0.3, -0.25) is 4.79 Å². The van der Waals surface area contributed by atoms with Crippen molar-refractivity contribution in [2.45, 2.75) is 25.5 Å². The summed E-state index contributed by atoms with van der Waals surface area (Å²) in [5.74, 6) is 0.246. The van der Waals surface area contributed by atoms with Gasteiger partial charge in [0.15, 0.2) is 0 Å². The fraction of sp³-hybridized carbons (Fsp3) is 0.217. The highest BCUT2D eigenvalue weighted by Crippen LogP contribution is 2.24. The van der Waals surface area contributed by atoms with E-state index in [2.05, 4.69) is 32.5 Å². The van der Waals surface area contributed by atoms with Crippen molar-refractivity contribution in [2.75, 3.05) is 7.11 Å². The van der Waals surface area contributed by atoms with E-state index in [-0.39, 0.29) is 18.6 Å². The van der Waals surface area contributed by atoms with Crippen molar-refractivity contribution in [3.05, 3.63) is 82.6 Å². The van der Waals surface area contributed by atoms with Crippen LogP contribution in [0, 0.1) is 0 Å². The lowest BCUT2D eigenvalue weighted by Gasteiger charge is -2.13. The minimum Gasteiger partial charge on any atom is -0.378 e. The van der Waals surface area contributed by atoms with Gasteiger partial charge in [-0.25, -0.2) is 9.97 Å². The molecule has 0 unspecified atom stereocenters. The fourth-order valence-corrected chi connectivity index (χ4v) is 4.64. The van der Waals surface area contributed by atoms with Crippen LogP contribution in [0.3, 0.4) is 0 Å². The zero-order valence-electron chi connectivity index (χ0n) is 17.0. The van der Waals surface area contributed by atoms with Crippen LogP contribution < -0.4 is 5.32 Å². The molecular weight excluding hydrogens is 410 g/mol. The first-order valence-electron chi connectivity index (χ1n) is 10.0. The van der Waals surface area contributed by atoms with Gasteiger partial charge in [-0.1, -0.05) is 30.3 Å². The van der Waals surface area contributed by atoms with Gasteiger partial charge in [-0.2, -0.15) is 9.78 Å². The maximum absolute atomic E-state index is 13.1. The Bertz CT molecular complexity index is 1190. The number of nitrogens with one attached hydrogen (secondary N) is 1. The molecule has 0 bridgehead atoms. The summed E-state index contributed by atoms with van der Waals surface area (Å²) in [6, 6.07) is 14.2. The van der Waals surface area contributed by atoms with Crippen LogP contribution in [0.4, 0.5) is 0 Å². The number of hydrogen-bond donors (Lipinski definition) is 1. The molecule has 0 radical (unpaired) electrons. The molecule has 31 heavy (non-hydrogen) atoms. The number of thiophene rings is 1. The van der Waals surface area contributed by atoms with Crippen molar-refractivity contribution < 1.29 is 9.53 Å². The monoisotopic (exact) mass is 431 g/mol. The number of benzene rings is 1. The number of fused-ring (bicyclic) bond motifs is 1. The normalized spacial score (nSPS) is 13.3. The molecule has 1 N–H and O–H groups in total. The first kappa shape index (κ1) is 19.6. The van der Waals surface area contributed by atoms with Crippen LogP contribution in [-0.2, 0) is 24.2 Å². The summed E-state index contributed by atoms with van der Waals surface area (Å²) in [7, 11) is 1.59. The van der Waals surface area contributed by atoms with Crippen molar-refractivity contribution in [2.24, 2.45) is 0 Å². The van der Waals surface area contributed by atoms with Crippen molar-refractivity contribution in [1.82, 2.24) is 25.1 Å². The molecule has 8 heteroatoms. The summed E-state index contributed by atoms with van der Waals surface area (Å²) in [5, 5.41) is 9.57. The zero-order valence-corrected chi connectivity index (χ0v) is 17.8. The molecule has 3 aromatic heterocycles. The van der Waals surface area contributed by atoms with Gasteiger partial charge < -0.3 is 10.1 Å². The van der Waals surface area contributed by atoms with Crippen LogP contribution in [-0.4, -0.2) is 38.8 Å². The van der Waals surface area contributed by atoms with Gasteiger partial charge >= 0.3 is 0 Å². The molecule has 1 aliphatic carbocycles. The summed E-state index contributed by atoms with van der Waals surface area (Å²) in [6.07, 6.45) is 4.93. The fourth-order valence-electron chi connectivity index (χ4n) is 3.95. The highest BCUT2D eigenvalue weighted by atomic mass is 32.1. The van der Waals surface area contributed by atoms with Gasteiger partial charge in [0.05, 0.1) is 34.6 Å². The number of amides is 1. The van der Waals surface area contributed by atoms with Crippen LogP contribution in [0.1, 0.15) is 27.2 Å². The van der Waals surface area contributed by atoms with Crippen molar-refractivity contribution in [1.29, 1.82) is 0 Å². The quantitative estimate of drug-likeness (QED) is 0.506. The number of carbonyl (C=O) groups is 1. The van der Waals surface area contributed by atoms with Gasteiger partial charge in [-0.15, -0.1) is 11.3 Å². The van der Waals surface area contributed by atoms with Crippen LogP contribution in [0.5, 0.6) is 0 Å². The van der Waals surface area contributed by atoms with Crippen LogP contribution in [0.25, 0.3) is 16.5 Å². The number of ether oxygens (including phenoxy) is 1. The van der Waals surface area contributed by atoms with Gasteiger partial charge in [-0.05, 0) is 41.5 Å². The second-order valence-electron chi connectivity index (χ2n) is 7.42. The van der Waals surface area contributed by atoms with Crippen LogP contribution >= 0.6 is 11.3 Å². The van der Waals surface area contributed by atoms with Gasteiger partial charge in [0, 0.05) is 19.3 Å². The topological polar surface area (TPSA) is 81.9 Å². The lowest BCUT2D eigenvalue weighted by Crippen LogP contribution is -2.35. The number of carbonyl (C=O) groups excluding carboxylic acids is 1. The molecule has 0 saturated heterocycles. The summed E-state index contributed by atoms with van der Waals surface area (Å²) < 4.78 is 6.95. The molecule has 0 atom stereocenters. The van der Waals surface area contributed by atoms with E-state index in [0.717, 1.165) is 23.4 Å². The number of hydrogen-bond acceptors (Lipinski definition) is 6. The molecule has 7 nitrogen and oxygen atoms in total.